The van der Waals surface area contributed by atoms with Crippen molar-refractivity contribution in [1.29, 1.82) is 0 Å². The van der Waals surface area contributed by atoms with Crippen molar-refractivity contribution >= 4 is 45.7 Å². The molecule has 2 aromatic carbocycles. The van der Waals surface area contributed by atoms with Crippen LogP contribution in [0.15, 0.2) is 70.1 Å². The molecule has 0 bridgehead atoms. The van der Waals surface area contributed by atoms with Gasteiger partial charge in [-0.1, -0.05) is 43.8 Å². The van der Waals surface area contributed by atoms with Gasteiger partial charge in [-0.25, -0.2) is 4.98 Å². The molecule has 6 nitrogen and oxygen atoms in total. The molecule has 0 unspecified atom stereocenters. The molecule has 0 aliphatic heterocycles. The van der Waals surface area contributed by atoms with E-state index in [9.17, 15) is 9.59 Å². The second-order valence-corrected chi connectivity index (χ2v) is 8.30. The molecule has 0 aliphatic carbocycles. The van der Waals surface area contributed by atoms with E-state index in [0.29, 0.717) is 11.4 Å². The van der Waals surface area contributed by atoms with Crippen LogP contribution < -0.4 is 16.8 Å². The Hall–Kier alpha value is -3.32. The van der Waals surface area contributed by atoms with E-state index in [1.54, 1.807) is 0 Å². The summed E-state index contributed by atoms with van der Waals surface area (Å²) < 4.78 is 0. The highest BCUT2D eigenvalue weighted by atomic mass is 32.2. The number of hydrogen-bond acceptors (Lipinski definition) is 5. The highest BCUT2D eigenvalue weighted by molar-refractivity contribution is 7.99. The predicted molar refractivity (Wildman–Crippen MR) is 122 cm³/mol. The summed E-state index contributed by atoms with van der Waals surface area (Å²) in [6.07, 6.45) is 0. The number of amides is 2. The first kappa shape index (κ1) is 21.4. The molecule has 0 saturated heterocycles. The number of rotatable bonds is 6. The van der Waals surface area contributed by atoms with Crippen LogP contribution in [0.4, 0.5) is 5.69 Å². The van der Waals surface area contributed by atoms with E-state index in [1.807, 2.05) is 68.4 Å². The summed E-state index contributed by atoms with van der Waals surface area (Å²) in [5.74, 6) is -0.758. The minimum absolute atomic E-state index is 0.0433. The molecule has 1 aromatic heterocycles. The Labute approximate surface area is 179 Å². The lowest BCUT2D eigenvalue weighted by atomic mass is 10.0. The van der Waals surface area contributed by atoms with Crippen LogP contribution in [0.5, 0.6) is 0 Å². The maximum absolute atomic E-state index is 12.2. The first-order chi connectivity index (χ1) is 14.3. The number of hydrogen-bond donors (Lipinski definition) is 3. The maximum atomic E-state index is 12.2. The van der Waals surface area contributed by atoms with Crippen molar-refractivity contribution in [3.63, 3.8) is 0 Å². The summed E-state index contributed by atoms with van der Waals surface area (Å²) in [5.41, 5.74) is 14.5. The third-order valence-corrected chi connectivity index (χ3v) is 5.56. The number of para-hydroxylation sites is 1. The summed E-state index contributed by atoms with van der Waals surface area (Å²) in [4.78, 5) is 30.0. The molecule has 3 aromatic rings. The van der Waals surface area contributed by atoms with Crippen molar-refractivity contribution in [2.45, 2.75) is 30.6 Å². The predicted octanol–water partition coefficient (Wildman–Crippen LogP) is 4.16. The fraction of sp³-hybridized carbons (Fsp3) is 0.174. The molecule has 154 valence electrons. The highest BCUT2D eigenvalue weighted by Crippen LogP contribution is 2.35. The number of nitrogens with zero attached hydrogens (tertiary/aromatic N) is 1. The Morgan fingerprint density at radius 2 is 1.70 bits per heavy atom. The number of benzene rings is 2. The summed E-state index contributed by atoms with van der Waals surface area (Å²) >= 11 is 1.54. The molecule has 0 spiro atoms. The zero-order valence-electron chi connectivity index (χ0n) is 17.1. The fourth-order valence-corrected chi connectivity index (χ4v) is 3.98. The van der Waals surface area contributed by atoms with Crippen LogP contribution in [-0.2, 0) is 9.59 Å². The molecule has 0 aliphatic rings. The van der Waals surface area contributed by atoms with Crippen LogP contribution >= 0.6 is 11.8 Å². The SMILES string of the molecule is CC(=O)Nc1ccc(Sc2cc(C(C(N)=O)=C(N)C(C)C)nc3ccccc23)cc1. The Morgan fingerprint density at radius 1 is 1.03 bits per heavy atom. The minimum atomic E-state index is -0.598. The Balaban J connectivity index is 2.09. The Morgan fingerprint density at radius 3 is 2.30 bits per heavy atom. The van der Waals surface area contributed by atoms with Crippen LogP contribution in [0.1, 0.15) is 26.5 Å². The second-order valence-electron chi connectivity index (χ2n) is 7.18. The van der Waals surface area contributed by atoms with Gasteiger partial charge in [0, 0.05) is 33.5 Å². The number of carbonyl (C=O) groups excluding carboxylic acids is 2. The van der Waals surface area contributed by atoms with E-state index in [2.05, 4.69) is 10.3 Å². The van der Waals surface area contributed by atoms with Gasteiger partial charge in [0.15, 0.2) is 0 Å². The lowest BCUT2D eigenvalue weighted by Gasteiger charge is -2.14. The molecule has 0 saturated carbocycles. The van der Waals surface area contributed by atoms with E-state index in [0.717, 1.165) is 26.4 Å². The molecular weight excluding hydrogens is 396 g/mol. The van der Waals surface area contributed by atoms with Crippen molar-refractivity contribution in [1.82, 2.24) is 4.98 Å². The third-order valence-electron chi connectivity index (χ3n) is 4.49. The van der Waals surface area contributed by atoms with Gasteiger partial charge in [-0.15, -0.1) is 0 Å². The van der Waals surface area contributed by atoms with Gasteiger partial charge in [0.05, 0.1) is 16.8 Å². The average Bonchev–Trinajstić information content (AvgIpc) is 2.69. The van der Waals surface area contributed by atoms with Crippen LogP contribution in [0.2, 0.25) is 0 Å². The number of nitrogens with one attached hydrogen (secondary N) is 1. The molecule has 7 heteroatoms. The van der Waals surface area contributed by atoms with Gasteiger partial charge in [-0.2, -0.15) is 0 Å². The number of allylic oxidation sites excluding steroid dienone is 1. The monoisotopic (exact) mass is 420 g/mol. The first-order valence-electron chi connectivity index (χ1n) is 9.51. The molecule has 0 atom stereocenters. The van der Waals surface area contributed by atoms with Crippen molar-refractivity contribution in [3.8, 4) is 0 Å². The topological polar surface area (TPSA) is 111 Å². The van der Waals surface area contributed by atoms with E-state index < -0.39 is 5.91 Å². The van der Waals surface area contributed by atoms with Crippen molar-refractivity contribution in [3.05, 3.63) is 66.0 Å². The molecule has 5 N–H and O–H groups in total. The number of primary amides is 1. The summed E-state index contributed by atoms with van der Waals surface area (Å²) in [6, 6.07) is 17.1. The Bertz CT molecular complexity index is 1140. The van der Waals surface area contributed by atoms with E-state index in [1.165, 1.54) is 18.7 Å². The number of anilines is 1. The van der Waals surface area contributed by atoms with Crippen molar-refractivity contribution < 1.29 is 9.59 Å². The smallest absolute Gasteiger partial charge is 0.252 e. The molecule has 1 heterocycles. The normalized spacial score (nSPS) is 12.0. The third kappa shape index (κ3) is 4.80. The zero-order valence-corrected chi connectivity index (χ0v) is 17.9. The van der Waals surface area contributed by atoms with Gasteiger partial charge in [0.25, 0.3) is 5.91 Å². The van der Waals surface area contributed by atoms with Crippen molar-refractivity contribution in [2.24, 2.45) is 17.4 Å². The lowest BCUT2D eigenvalue weighted by Crippen LogP contribution is -2.21. The maximum Gasteiger partial charge on any atom is 0.252 e. The van der Waals surface area contributed by atoms with E-state index in [4.69, 9.17) is 11.5 Å². The van der Waals surface area contributed by atoms with Crippen LogP contribution in [0, 0.1) is 5.92 Å². The summed E-state index contributed by atoms with van der Waals surface area (Å²) in [6.45, 7) is 5.29. The van der Waals surface area contributed by atoms with Gasteiger partial charge in [0.2, 0.25) is 5.91 Å². The minimum Gasteiger partial charge on any atom is -0.401 e. The molecule has 2 amide bonds. The van der Waals surface area contributed by atoms with Crippen LogP contribution in [-0.4, -0.2) is 16.8 Å². The largest absolute Gasteiger partial charge is 0.401 e. The standard InChI is InChI=1S/C23H24N4O2S/c1-13(2)22(24)21(23(25)29)19-12-20(17-6-4-5-7-18(17)27-19)30-16-10-8-15(9-11-16)26-14(3)28/h4-13H,24H2,1-3H3,(H2,25,29)(H,26,28). The van der Waals surface area contributed by atoms with Gasteiger partial charge in [-0.3, -0.25) is 9.59 Å². The van der Waals surface area contributed by atoms with Gasteiger partial charge >= 0.3 is 0 Å². The fourth-order valence-electron chi connectivity index (χ4n) is 3.00. The molecular formula is C23H24N4O2S. The summed E-state index contributed by atoms with van der Waals surface area (Å²) in [5, 5.41) is 3.72. The van der Waals surface area contributed by atoms with Gasteiger partial charge in [0.1, 0.15) is 0 Å². The van der Waals surface area contributed by atoms with Crippen molar-refractivity contribution in [2.75, 3.05) is 5.32 Å². The Kier molecular flexibility index (Phi) is 6.42. The molecule has 0 fully saturated rings. The molecule has 0 radical (unpaired) electrons. The van der Waals surface area contributed by atoms with Crippen LogP contribution in [0.25, 0.3) is 16.5 Å². The van der Waals surface area contributed by atoms with Gasteiger partial charge < -0.3 is 16.8 Å². The van der Waals surface area contributed by atoms with Crippen LogP contribution in [0.3, 0.4) is 0 Å². The second kappa shape index (κ2) is 9.00. The number of carbonyl (C=O) groups is 2. The first-order valence-corrected chi connectivity index (χ1v) is 10.3. The quantitative estimate of drug-likeness (QED) is 0.519. The number of aromatic nitrogens is 1. The lowest BCUT2D eigenvalue weighted by molar-refractivity contribution is -0.114. The molecule has 30 heavy (non-hydrogen) atoms. The summed E-state index contributed by atoms with van der Waals surface area (Å²) in [7, 11) is 0. The molecule has 3 rings (SSSR count). The van der Waals surface area contributed by atoms with E-state index >= 15 is 0 Å². The number of nitrogens with two attached hydrogens (primary N) is 2. The zero-order chi connectivity index (χ0) is 21.8. The van der Waals surface area contributed by atoms with Gasteiger partial charge in [-0.05, 0) is 42.3 Å². The number of pyridine rings is 1. The number of fused-ring (bicyclic) bond motifs is 1. The van der Waals surface area contributed by atoms with E-state index in [-0.39, 0.29) is 17.4 Å². The highest BCUT2D eigenvalue weighted by Gasteiger charge is 2.19. The average molecular weight is 421 g/mol.